The lowest BCUT2D eigenvalue weighted by atomic mass is 10.3. The Morgan fingerprint density at radius 3 is 2.90 bits per heavy atom. The molecule has 0 bridgehead atoms. The number of pyridine rings is 2. The molecule has 0 unspecified atom stereocenters. The fraction of sp³-hybridized carbons (Fsp3) is 0.375. The van der Waals surface area contributed by atoms with Gasteiger partial charge < -0.3 is 10.1 Å². The zero-order chi connectivity index (χ0) is 15.1. The molecule has 0 aliphatic rings. The maximum Gasteiger partial charge on any atom is 0.107 e. The Morgan fingerprint density at radius 1 is 1.29 bits per heavy atom. The first kappa shape index (κ1) is 15.9. The minimum atomic E-state index is 0.710. The Morgan fingerprint density at radius 2 is 2.14 bits per heavy atom. The zero-order valence-electron chi connectivity index (χ0n) is 12.7. The minimum Gasteiger partial charge on any atom is -0.383 e. The summed E-state index contributed by atoms with van der Waals surface area (Å²) in [7, 11) is 1.71. The van der Waals surface area contributed by atoms with E-state index in [2.05, 4.69) is 40.4 Å². The molecule has 0 amide bonds. The van der Waals surface area contributed by atoms with Gasteiger partial charge >= 0.3 is 0 Å². The largest absolute Gasteiger partial charge is 0.383 e. The maximum atomic E-state index is 5.04. The first-order chi connectivity index (χ1) is 10.2. The summed E-state index contributed by atoms with van der Waals surface area (Å²) in [5, 5.41) is 5.34. The van der Waals surface area contributed by atoms with Crippen molar-refractivity contribution >= 4 is 11.8 Å². The lowest BCUT2D eigenvalue weighted by Crippen LogP contribution is -2.19. The fourth-order valence-electron chi connectivity index (χ4n) is 2.00. The third kappa shape index (κ3) is 5.12. The van der Waals surface area contributed by atoms with Gasteiger partial charge in [-0.25, -0.2) is 9.97 Å². The fourth-order valence-corrected chi connectivity index (χ4v) is 3.02. The van der Waals surface area contributed by atoms with Crippen LogP contribution >= 0.6 is 11.8 Å². The molecule has 0 saturated heterocycles. The second-order valence-corrected chi connectivity index (χ2v) is 5.87. The molecule has 0 aliphatic carbocycles. The highest BCUT2D eigenvalue weighted by molar-refractivity contribution is 7.99. The van der Waals surface area contributed by atoms with Crippen LogP contribution in [0, 0.1) is 13.8 Å². The van der Waals surface area contributed by atoms with E-state index < -0.39 is 0 Å². The van der Waals surface area contributed by atoms with Gasteiger partial charge in [-0.05, 0) is 54.9 Å². The predicted octanol–water partition coefficient (Wildman–Crippen LogP) is 2.98. The van der Waals surface area contributed by atoms with E-state index in [9.17, 15) is 0 Å². The standard InChI is InChI=1S/C16H21N3OS/c1-12-9-13(2)19-15(10-12)21-16-14(5-4-6-18-16)11-17-7-8-20-3/h4-6,9-10,17H,7-8,11H2,1-3H3. The van der Waals surface area contributed by atoms with Crippen molar-refractivity contribution < 1.29 is 4.74 Å². The van der Waals surface area contributed by atoms with E-state index in [0.29, 0.717) is 6.61 Å². The topological polar surface area (TPSA) is 47.0 Å². The summed E-state index contributed by atoms with van der Waals surface area (Å²) in [4.78, 5) is 9.05. The van der Waals surface area contributed by atoms with Gasteiger partial charge in [0.2, 0.25) is 0 Å². The van der Waals surface area contributed by atoms with Crippen LogP contribution in [0.4, 0.5) is 0 Å². The summed E-state index contributed by atoms with van der Waals surface area (Å²) in [6.45, 7) is 6.43. The molecule has 0 aromatic carbocycles. The van der Waals surface area contributed by atoms with Crippen molar-refractivity contribution in [2.24, 2.45) is 0 Å². The highest BCUT2D eigenvalue weighted by atomic mass is 32.2. The van der Waals surface area contributed by atoms with Crippen LogP contribution in [0.15, 0.2) is 40.5 Å². The Kier molecular flexibility index (Phi) is 6.17. The molecule has 1 N–H and O–H groups in total. The average Bonchev–Trinajstić information content (AvgIpc) is 2.44. The van der Waals surface area contributed by atoms with Crippen molar-refractivity contribution in [1.82, 2.24) is 15.3 Å². The summed E-state index contributed by atoms with van der Waals surface area (Å²) >= 11 is 1.61. The molecule has 0 radical (unpaired) electrons. The summed E-state index contributed by atoms with van der Waals surface area (Å²) < 4.78 is 5.04. The molecule has 2 heterocycles. The highest BCUT2D eigenvalue weighted by Crippen LogP contribution is 2.28. The van der Waals surface area contributed by atoms with Gasteiger partial charge in [0, 0.05) is 32.1 Å². The molecule has 2 rings (SSSR count). The number of hydrogen-bond donors (Lipinski definition) is 1. The Bertz CT molecular complexity index is 569. The van der Waals surface area contributed by atoms with Crippen LogP contribution in [0.25, 0.3) is 0 Å². The Hall–Kier alpha value is -1.43. The number of nitrogens with zero attached hydrogens (tertiary/aromatic N) is 2. The van der Waals surface area contributed by atoms with Crippen LogP contribution in [-0.2, 0) is 11.3 Å². The van der Waals surface area contributed by atoms with Crippen LogP contribution in [0.1, 0.15) is 16.8 Å². The van der Waals surface area contributed by atoms with Gasteiger partial charge in [0.25, 0.3) is 0 Å². The van der Waals surface area contributed by atoms with Crippen molar-refractivity contribution in [2.75, 3.05) is 20.3 Å². The summed E-state index contributed by atoms with van der Waals surface area (Å²) in [5.74, 6) is 0. The minimum absolute atomic E-state index is 0.710. The lowest BCUT2D eigenvalue weighted by molar-refractivity contribution is 0.199. The van der Waals surface area contributed by atoms with Crippen LogP contribution in [0.5, 0.6) is 0 Å². The number of methoxy groups -OCH3 is 1. The van der Waals surface area contributed by atoms with E-state index in [1.54, 1.807) is 18.9 Å². The third-order valence-corrected chi connectivity index (χ3v) is 3.90. The summed E-state index contributed by atoms with van der Waals surface area (Å²) in [6, 6.07) is 8.23. The van der Waals surface area contributed by atoms with Gasteiger partial charge in [-0.1, -0.05) is 6.07 Å². The van der Waals surface area contributed by atoms with E-state index in [-0.39, 0.29) is 0 Å². The molecule has 4 nitrogen and oxygen atoms in total. The van der Waals surface area contributed by atoms with Crippen molar-refractivity contribution in [3.63, 3.8) is 0 Å². The van der Waals surface area contributed by atoms with Crippen LogP contribution in [0.3, 0.4) is 0 Å². The predicted molar refractivity (Wildman–Crippen MR) is 85.7 cm³/mol. The Labute approximate surface area is 130 Å². The van der Waals surface area contributed by atoms with Crippen molar-refractivity contribution in [1.29, 1.82) is 0 Å². The van der Waals surface area contributed by atoms with Crippen molar-refractivity contribution in [3.8, 4) is 0 Å². The number of aryl methyl sites for hydroxylation is 2. The molecule has 0 fully saturated rings. The van der Waals surface area contributed by atoms with E-state index >= 15 is 0 Å². The second-order valence-electron chi connectivity index (χ2n) is 4.86. The van der Waals surface area contributed by atoms with Crippen molar-refractivity contribution in [3.05, 3.63) is 47.3 Å². The normalized spacial score (nSPS) is 10.8. The Balaban J connectivity index is 2.08. The average molecular weight is 303 g/mol. The molecular weight excluding hydrogens is 282 g/mol. The molecule has 2 aromatic heterocycles. The SMILES string of the molecule is COCCNCc1cccnc1Sc1cc(C)cc(C)n1. The highest BCUT2D eigenvalue weighted by Gasteiger charge is 2.07. The number of aromatic nitrogens is 2. The molecule has 5 heteroatoms. The molecule has 0 saturated carbocycles. The van der Waals surface area contributed by atoms with Gasteiger partial charge in [-0.3, -0.25) is 0 Å². The van der Waals surface area contributed by atoms with Gasteiger partial charge in [0.15, 0.2) is 0 Å². The van der Waals surface area contributed by atoms with Crippen LogP contribution in [0.2, 0.25) is 0 Å². The summed E-state index contributed by atoms with van der Waals surface area (Å²) in [5.41, 5.74) is 3.44. The number of ether oxygens (including phenoxy) is 1. The van der Waals surface area contributed by atoms with Gasteiger partial charge in [-0.15, -0.1) is 0 Å². The van der Waals surface area contributed by atoms with Gasteiger partial charge in [-0.2, -0.15) is 0 Å². The number of nitrogens with one attached hydrogen (secondary N) is 1. The molecular formula is C16H21N3OS. The van der Waals surface area contributed by atoms with Gasteiger partial charge in [0.05, 0.1) is 6.61 Å². The molecule has 112 valence electrons. The quantitative estimate of drug-likeness (QED) is 0.797. The first-order valence-corrected chi connectivity index (χ1v) is 7.77. The van der Waals surface area contributed by atoms with E-state index in [1.165, 1.54) is 11.1 Å². The smallest absolute Gasteiger partial charge is 0.107 e. The summed E-state index contributed by atoms with van der Waals surface area (Å²) in [6.07, 6.45) is 1.82. The molecule has 0 spiro atoms. The van der Waals surface area contributed by atoms with Crippen LogP contribution in [-0.4, -0.2) is 30.2 Å². The lowest BCUT2D eigenvalue weighted by Gasteiger charge is -2.09. The molecule has 0 atom stereocenters. The number of hydrogen-bond acceptors (Lipinski definition) is 5. The first-order valence-electron chi connectivity index (χ1n) is 6.95. The maximum absolute atomic E-state index is 5.04. The number of rotatable bonds is 7. The molecule has 2 aromatic rings. The van der Waals surface area contributed by atoms with Gasteiger partial charge in [0.1, 0.15) is 10.1 Å². The second kappa shape index (κ2) is 8.12. The third-order valence-electron chi connectivity index (χ3n) is 2.92. The van der Waals surface area contributed by atoms with Crippen LogP contribution < -0.4 is 5.32 Å². The van der Waals surface area contributed by atoms with E-state index in [0.717, 1.165) is 28.8 Å². The zero-order valence-corrected chi connectivity index (χ0v) is 13.5. The molecule has 0 aliphatic heterocycles. The van der Waals surface area contributed by atoms with E-state index in [1.807, 2.05) is 19.2 Å². The monoisotopic (exact) mass is 303 g/mol. The van der Waals surface area contributed by atoms with E-state index in [4.69, 9.17) is 4.74 Å². The van der Waals surface area contributed by atoms with Crippen molar-refractivity contribution in [2.45, 2.75) is 30.4 Å². The molecule has 21 heavy (non-hydrogen) atoms.